The molecule has 4 nitrogen and oxygen atoms in total. The quantitative estimate of drug-likeness (QED) is 0.922. The minimum atomic E-state index is -3.60. The smallest absolute Gasteiger partial charge is 0.243 e. The fourth-order valence-electron chi connectivity index (χ4n) is 2.63. The summed E-state index contributed by atoms with van der Waals surface area (Å²) in [4.78, 5) is 0.104. The Balaban J connectivity index is 1.85. The van der Waals surface area contributed by atoms with Crippen molar-refractivity contribution < 1.29 is 13.5 Å². The Labute approximate surface area is 140 Å². The van der Waals surface area contributed by atoms with Crippen molar-refractivity contribution in [1.29, 1.82) is 0 Å². The number of rotatable bonds is 3. The highest BCUT2D eigenvalue weighted by Gasteiger charge is 2.26. The van der Waals surface area contributed by atoms with E-state index in [0.29, 0.717) is 24.5 Å². The van der Waals surface area contributed by atoms with E-state index in [2.05, 4.69) is 0 Å². The molecular weight excluding hydrogens is 334 g/mol. The number of phenols is 1. The lowest BCUT2D eigenvalue weighted by atomic mass is 10.0. The van der Waals surface area contributed by atoms with Gasteiger partial charge in [-0.1, -0.05) is 41.9 Å². The second kappa shape index (κ2) is 6.35. The summed E-state index contributed by atoms with van der Waals surface area (Å²) in [7, 11) is -3.60. The lowest BCUT2D eigenvalue weighted by Crippen LogP contribution is -2.34. The second-order valence-electron chi connectivity index (χ2n) is 5.32. The first-order valence-electron chi connectivity index (χ1n) is 7.21. The maximum Gasteiger partial charge on any atom is 0.243 e. The number of nitrogens with zero attached hydrogens (tertiary/aromatic N) is 1. The van der Waals surface area contributed by atoms with Gasteiger partial charge in [-0.15, -0.1) is 0 Å². The van der Waals surface area contributed by atoms with E-state index in [9.17, 15) is 13.5 Å². The van der Waals surface area contributed by atoms with E-state index in [1.807, 2.05) is 30.3 Å². The summed E-state index contributed by atoms with van der Waals surface area (Å²) in [5.41, 5.74) is 2.00. The first-order chi connectivity index (χ1) is 11.0. The van der Waals surface area contributed by atoms with E-state index in [1.54, 1.807) is 0 Å². The molecule has 0 atom stereocenters. The van der Waals surface area contributed by atoms with Crippen molar-refractivity contribution in [2.45, 2.75) is 11.3 Å². The van der Waals surface area contributed by atoms with Gasteiger partial charge in [0, 0.05) is 18.1 Å². The topological polar surface area (TPSA) is 57.6 Å². The van der Waals surface area contributed by atoms with Gasteiger partial charge in [0.15, 0.2) is 0 Å². The summed E-state index contributed by atoms with van der Waals surface area (Å²) in [5.74, 6) is -0.0598. The zero-order valence-electron chi connectivity index (χ0n) is 12.3. The molecule has 0 saturated heterocycles. The van der Waals surface area contributed by atoms with Crippen LogP contribution >= 0.6 is 11.6 Å². The molecule has 6 heteroatoms. The SMILES string of the molecule is O=S(=O)(c1cccc(O)c1)N1CC=C(c2ccccc2Cl)CC1. The Hall–Kier alpha value is -1.82. The molecule has 23 heavy (non-hydrogen) atoms. The van der Waals surface area contributed by atoms with Gasteiger partial charge in [-0.3, -0.25) is 0 Å². The summed E-state index contributed by atoms with van der Waals surface area (Å²) >= 11 is 6.20. The minimum Gasteiger partial charge on any atom is -0.508 e. The van der Waals surface area contributed by atoms with Crippen molar-refractivity contribution in [3.05, 3.63) is 65.2 Å². The zero-order valence-corrected chi connectivity index (χ0v) is 13.9. The van der Waals surface area contributed by atoms with Gasteiger partial charge >= 0.3 is 0 Å². The van der Waals surface area contributed by atoms with Gasteiger partial charge < -0.3 is 5.11 Å². The van der Waals surface area contributed by atoms with E-state index in [0.717, 1.165) is 11.1 Å². The van der Waals surface area contributed by atoms with Gasteiger partial charge in [0.2, 0.25) is 10.0 Å². The molecule has 1 aliphatic heterocycles. The molecule has 0 amide bonds. The van der Waals surface area contributed by atoms with Crippen LogP contribution in [0.4, 0.5) is 0 Å². The summed E-state index contributed by atoms with van der Waals surface area (Å²) in [6, 6.07) is 13.3. The largest absolute Gasteiger partial charge is 0.508 e. The van der Waals surface area contributed by atoms with Crippen molar-refractivity contribution in [2.24, 2.45) is 0 Å². The lowest BCUT2D eigenvalue weighted by Gasteiger charge is -2.26. The fourth-order valence-corrected chi connectivity index (χ4v) is 4.31. The van der Waals surface area contributed by atoms with Gasteiger partial charge in [0.05, 0.1) is 4.90 Å². The van der Waals surface area contributed by atoms with E-state index in [4.69, 9.17) is 11.6 Å². The van der Waals surface area contributed by atoms with Crippen LogP contribution in [0.15, 0.2) is 59.5 Å². The number of halogens is 1. The maximum absolute atomic E-state index is 12.6. The molecule has 0 aliphatic carbocycles. The van der Waals surface area contributed by atoms with Gasteiger partial charge in [0.1, 0.15) is 5.75 Å². The highest BCUT2D eigenvalue weighted by molar-refractivity contribution is 7.89. The molecule has 1 N–H and O–H groups in total. The molecule has 0 aromatic heterocycles. The fraction of sp³-hybridized carbons (Fsp3) is 0.176. The first kappa shape index (κ1) is 16.1. The normalized spacial score (nSPS) is 16.1. The van der Waals surface area contributed by atoms with Crippen LogP contribution in [0, 0.1) is 0 Å². The van der Waals surface area contributed by atoms with Crippen LogP contribution in [0.1, 0.15) is 12.0 Å². The van der Waals surface area contributed by atoms with Gasteiger partial charge in [-0.05, 0) is 41.8 Å². The van der Waals surface area contributed by atoms with Crippen molar-refractivity contribution in [3.8, 4) is 5.75 Å². The zero-order chi connectivity index (χ0) is 16.4. The molecule has 2 aromatic carbocycles. The van der Waals surface area contributed by atoms with Crippen molar-refractivity contribution in [1.82, 2.24) is 4.31 Å². The Kier molecular flexibility index (Phi) is 4.43. The third-order valence-electron chi connectivity index (χ3n) is 3.85. The van der Waals surface area contributed by atoms with Crippen LogP contribution < -0.4 is 0 Å². The summed E-state index contributed by atoms with van der Waals surface area (Å²) in [5, 5.41) is 10.2. The predicted octanol–water partition coefficient (Wildman–Crippen LogP) is 3.52. The number of hydrogen-bond donors (Lipinski definition) is 1. The summed E-state index contributed by atoms with van der Waals surface area (Å²) in [6.45, 7) is 0.674. The average Bonchev–Trinajstić information content (AvgIpc) is 2.55. The molecule has 0 fully saturated rings. The first-order valence-corrected chi connectivity index (χ1v) is 9.03. The van der Waals surface area contributed by atoms with E-state index >= 15 is 0 Å². The molecule has 0 bridgehead atoms. The van der Waals surface area contributed by atoms with Crippen molar-refractivity contribution in [3.63, 3.8) is 0 Å². The van der Waals surface area contributed by atoms with Crippen LogP contribution in [0.3, 0.4) is 0 Å². The standard InChI is InChI=1S/C17H16ClNO3S/c18-17-7-2-1-6-16(17)13-8-10-19(11-9-13)23(21,22)15-5-3-4-14(20)12-15/h1-8,12,20H,9-11H2. The third kappa shape index (κ3) is 3.27. The van der Waals surface area contributed by atoms with Gasteiger partial charge in [-0.25, -0.2) is 8.42 Å². The molecule has 120 valence electrons. The number of aromatic hydroxyl groups is 1. The van der Waals surface area contributed by atoms with E-state index < -0.39 is 10.0 Å². The summed E-state index contributed by atoms with van der Waals surface area (Å²) < 4.78 is 26.6. The van der Waals surface area contributed by atoms with E-state index in [1.165, 1.54) is 28.6 Å². The number of sulfonamides is 1. The molecule has 0 spiro atoms. The number of hydrogen-bond acceptors (Lipinski definition) is 3. The molecule has 2 aromatic rings. The minimum absolute atomic E-state index is 0.0598. The molecule has 3 rings (SSSR count). The van der Waals surface area contributed by atoms with Gasteiger partial charge in [-0.2, -0.15) is 4.31 Å². The predicted molar refractivity (Wildman–Crippen MR) is 90.9 cm³/mol. The van der Waals surface area contributed by atoms with Crippen LogP contribution in [0.25, 0.3) is 5.57 Å². The van der Waals surface area contributed by atoms with Crippen molar-refractivity contribution in [2.75, 3.05) is 13.1 Å². The monoisotopic (exact) mass is 349 g/mol. The maximum atomic E-state index is 12.6. The Morgan fingerprint density at radius 3 is 2.52 bits per heavy atom. The van der Waals surface area contributed by atoms with Crippen LogP contribution in [0.5, 0.6) is 5.75 Å². The van der Waals surface area contributed by atoms with Crippen LogP contribution in [-0.4, -0.2) is 30.9 Å². The third-order valence-corrected chi connectivity index (χ3v) is 6.04. The van der Waals surface area contributed by atoms with Crippen LogP contribution in [0.2, 0.25) is 5.02 Å². The Morgan fingerprint density at radius 1 is 1.09 bits per heavy atom. The van der Waals surface area contributed by atoms with Crippen LogP contribution in [-0.2, 0) is 10.0 Å². The Bertz CT molecular complexity index is 862. The average molecular weight is 350 g/mol. The molecule has 1 heterocycles. The molecular formula is C17H16ClNO3S. The molecule has 0 saturated carbocycles. The summed E-state index contributed by atoms with van der Waals surface area (Å²) in [6.07, 6.45) is 2.49. The van der Waals surface area contributed by atoms with Gasteiger partial charge in [0.25, 0.3) is 0 Å². The van der Waals surface area contributed by atoms with E-state index in [-0.39, 0.29) is 10.6 Å². The number of phenolic OH excluding ortho intramolecular Hbond substituents is 1. The molecule has 0 unspecified atom stereocenters. The highest BCUT2D eigenvalue weighted by atomic mass is 35.5. The number of benzene rings is 2. The molecule has 1 aliphatic rings. The highest BCUT2D eigenvalue weighted by Crippen LogP contribution is 2.30. The lowest BCUT2D eigenvalue weighted by molar-refractivity contribution is 0.439. The molecule has 0 radical (unpaired) electrons. The second-order valence-corrected chi connectivity index (χ2v) is 7.66. The van der Waals surface area contributed by atoms with Crippen molar-refractivity contribution >= 4 is 27.2 Å². The Morgan fingerprint density at radius 2 is 1.87 bits per heavy atom.